The minimum absolute atomic E-state index is 0.0253. The van der Waals surface area contributed by atoms with Gasteiger partial charge in [0.05, 0.1) is 12.2 Å². The van der Waals surface area contributed by atoms with E-state index in [1.807, 2.05) is 19.1 Å². The monoisotopic (exact) mass is 422 g/mol. The molecule has 0 amide bonds. The maximum Gasteiger partial charge on any atom is 0.266 e. The van der Waals surface area contributed by atoms with Gasteiger partial charge in [0.2, 0.25) is 0 Å². The van der Waals surface area contributed by atoms with Crippen molar-refractivity contribution in [1.29, 1.82) is 0 Å². The van der Waals surface area contributed by atoms with Crippen molar-refractivity contribution < 1.29 is 12.8 Å². The molecular weight excluding hydrogens is 412 g/mol. The van der Waals surface area contributed by atoms with E-state index in [0.29, 0.717) is 11.4 Å². The Labute approximate surface area is 133 Å². The van der Waals surface area contributed by atoms with E-state index in [2.05, 4.69) is 36.6 Å². The summed E-state index contributed by atoms with van der Waals surface area (Å²) in [5.74, 6) is 0.392. The van der Waals surface area contributed by atoms with Gasteiger partial charge in [-0.05, 0) is 40.5 Å². The Morgan fingerprint density at radius 2 is 2.00 bits per heavy atom. The highest BCUT2D eigenvalue weighted by atomic mass is 79.9. The van der Waals surface area contributed by atoms with E-state index >= 15 is 0 Å². The van der Waals surface area contributed by atoms with Crippen LogP contribution in [0.5, 0.6) is 0 Å². The summed E-state index contributed by atoms with van der Waals surface area (Å²) in [6, 6.07) is 6.76. The number of hydrogen-bond acceptors (Lipinski definition) is 4. The molecule has 0 unspecified atom stereocenters. The molecule has 2 aromatic rings. The summed E-state index contributed by atoms with van der Waals surface area (Å²) in [7, 11) is -3.74. The zero-order chi connectivity index (χ0) is 14.9. The molecule has 1 aromatic heterocycles. The van der Waals surface area contributed by atoms with Gasteiger partial charge < -0.3 is 10.2 Å². The number of nitrogens with one attached hydrogen (secondary N) is 1. The maximum absolute atomic E-state index is 12.4. The molecule has 5 nitrogen and oxygen atoms in total. The fourth-order valence-electron chi connectivity index (χ4n) is 1.59. The highest BCUT2D eigenvalue weighted by molar-refractivity contribution is 9.10. The Hall–Kier alpha value is -0.830. The molecule has 0 aliphatic rings. The van der Waals surface area contributed by atoms with Crippen molar-refractivity contribution >= 4 is 47.6 Å². The van der Waals surface area contributed by atoms with Crippen molar-refractivity contribution in [2.45, 2.75) is 18.4 Å². The average molecular weight is 424 g/mol. The zero-order valence-electron chi connectivity index (χ0n) is 10.5. The molecule has 3 N–H and O–H groups in total. The molecule has 0 fully saturated rings. The quantitative estimate of drug-likeness (QED) is 0.789. The second-order valence-corrected chi connectivity index (χ2v) is 7.41. The normalized spacial score (nSPS) is 11.6. The Morgan fingerprint density at radius 3 is 2.60 bits per heavy atom. The summed E-state index contributed by atoms with van der Waals surface area (Å²) in [6.45, 7) is 1.95. The standard InChI is InChI=1S/C12H12Br2N2O3S/c1-7-2-3-8(13)4-10(7)16-20(17,18)11-5-9(6-15)19-12(11)14/h2-5,16H,6,15H2,1H3. The minimum atomic E-state index is -3.74. The van der Waals surface area contributed by atoms with Gasteiger partial charge in [-0.2, -0.15) is 0 Å². The number of nitrogens with two attached hydrogens (primary N) is 1. The number of sulfonamides is 1. The third-order valence-electron chi connectivity index (χ3n) is 2.64. The van der Waals surface area contributed by atoms with Crippen molar-refractivity contribution in [1.82, 2.24) is 0 Å². The van der Waals surface area contributed by atoms with Crippen LogP contribution in [0.2, 0.25) is 0 Å². The molecule has 0 radical (unpaired) electrons. The van der Waals surface area contributed by atoms with Gasteiger partial charge in [0.1, 0.15) is 10.7 Å². The Kier molecular flexibility index (Phi) is 4.58. The smallest absolute Gasteiger partial charge is 0.266 e. The highest BCUT2D eigenvalue weighted by Crippen LogP contribution is 2.29. The number of rotatable bonds is 4. The molecule has 0 aliphatic heterocycles. The summed E-state index contributed by atoms with van der Waals surface area (Å²) < 4.78 is 33.4. The molecular formula is C12H12Br2N2O3S. The van der Waals surface area contributed by atoms with E-state index in [1.165, 1.54) is 6.07 Å². The lowest BCUT2D eigenvalue weighted by atomic mass is 10.2. The predicted molar refractivity (Wildman–Crippen MR) is 84.0 cm³/mol. The van der Waals surface area contributed by atoms with Crippen LogP contribution >= 0.6 is 31.9 Å². The molecule has 1 aromatic carbocycles. The van der Waals surface area contributed by atoms with E-state index in [4.69, 9.17) is 10.2 Å². The zero-order valence-corrected chi connectivity index (χ0v) is 14.5. The fourth-order valence-corrected chi connectivity index (χ4v) is 4.07. The largest absolute Gasteiger partial charge is 0.452 e. The first kappa shape index (κ1) is 15.6. The molecule has 2 rings (SSSR count). The minimum Gasteiger partial charge on any atom is -0.452 e. The van der Waals surface area contributed by atoms with E-state index < -0.39 is 10.0 Å². The van der Waals surface area contributed by atoms with Crippen molar-refractivity contribution in [2.24, 2.45) is 5.73 Å². The number of benzene rings is 1. The van der Waals surface area contributed by atoms with E-state index in [-0.39, 0.29) is 16.1 Å². The topological polar surface area (TPSA) is 85.3 Å². The molecule has 0 saturated carbocycles. The highest BCUT2D eigenvalue weighted by Gasteiger charge is 2.23. The van der Waals surface area contributed by atoms with E-state index in [0.717, 1.165) is 10.0 Å². The summed E-state index contributed by atoms with van der Waals surface area (Å²) in [4.78, 5) is 0.0253. The number of aryl methyl sites for hydroxylation is 1. The van der Waals surface area contributed by atoms with Gasteiger partial charge in [-0.15, -0.1) is 0 Å². The lowest BCUT2D eigenvalue weighted by Crippen LogP contribution is -2.13. The first-order valence-electron chi connectivity index (χ1n) is 5.60. The van der Waals surface area contributed by atoms with Crippen LogP contribution in [0, 0.1) is 6.92 Å². The van der Waals surface area contributed by atoms with Crippen molar-refractivity contribution in [3.8, 4) is 0 Å². The van der Waals surface area contributed by atoms with Crippen LogP contribution in [0.3, 0.4) is 0 Å². The molecule has 0 saturated heterocycles. The summed E-state index contributed by atoms with van der Waals surface area (Å²) in [5.41, 5.74) is 6.75. The third-order valence-corrected chi connectivity index (χ3v) is 5.36. The molecule has 0 aliphatic carbocycles. The van der Waals surface area contributed by atoms with Crippen LogP contribution in [0.4, 0.5) is 5.69 Å². The summed E-state index contributed by atoms with van der Waals surface area (Å²) in [5, 5.41) is 0. The summed E-state index contributed by atoms with van der Waals surface area (Å²) in [6.07, 6.45) is 0. The number of anilines is 1. The van der Waals surface area contributed by atoms with Crippen molar-refractivity contribution in [2.75, 3.05) is 4.72 Å². The Bertz CT molecular complexity index is 741. The molecule has 0 spiro atoms. The Balaban J connectivity index is 2.40. The van der Waals surface area contributed by atoms with E-state index in [1.54, 1.807) is 6.07 Å². The first-order valence-corrected chi connectivity index (χ1v) is 8.67. The second kappa shape index (κ2) is 5.88. The van der Waals surface area contributed by atoms with Crippen LogP contribution in [-0.2, 0) is 16.6 Å². The Morgan fingerprint density at radius 1 is 1.30 bits per heavy atom. The number of halogens is 2. The van der Waals surface area contributed by atoms with Gasteiger partial charge >= 0.3 is 0 Å². The van der Waals surface area contributed by atoms with Crippen LogP contribution in [0.15, 0.2) is 42.7 Å². The third kappa shape index (κ3) is 3.25. The molecule has 8 heteroatoms. The molecule has 108 valence electrons. The van der Waals surface area contributed by atoms with Gasteiger partial charge in [-0.3, -0.25) is 4.72 Å². The van der Waals surface area contributed by atoms with Gasteiger partial charge in [0.15, 0.2) is 4.67 Å². The number of hydrogen-bond donors (Lipinski definition) is 2. The van der Waals surface area contributed by atoms with Crippen LogP contribution < -0.4 is 10.5 Å². The van der Waals surface area contributed by atoms with Crippen LogP contribution in [0.1, 0.15) is 11.3 Å². The lowest BCUT2D eigenvalue weighted by Gasteiger charge is -2.09. The van der Waals surface area contributed by atoms with Gasteiger partial charge in [0.25, 0.3) is 10.0 Å². The van der Waals surface area contributed by atoms with E-state index in [9.17, 15) is 8.42 Å². The average Bonchev–Trinajstić information content (AvgIpc) is 2.76. The fraction of sp³-hybridized carbons (Fsp3) is 0.167. The molecule has 20 heavy (non-hydrogen) atoms. The first-order chi connectivity index (χ1) is 9.33. The maximum atomic E-state index is 12.4. The molecule has 0 atom stereocenters. The summed E-state index contributed by atoms with van der Waals surface area (Å²) >= 11 is 6.40. The van der Waals surface area contributed by atoms with Crippen LogP contribution in [0.25, 0.3) is 0 Å². The van der Waals surface area contributed by atoms with Crippen molar-refractivity contribution in [3.63, 3.8) is 0 Å². The van der Waals surface area contributed by atoms with Gasteiger partial charge in [0, 0.05) is 10.5 Å². The lowest BCUT2D eigenvalue weighted by molar-refractivity contribution is 0.484. The van der Waals surface area contributed by atoms with Crippen molar-refractivity contribution in [3.05, 3.63) is 44.7 Å². The molecule has 0 bridgehead atoms. The predicted octanol–water partition coefficient (Wildman–Crippen LogP) is 3.37. The molecule has 1 heterocycles. The van der Waals surface area contributed by atoms with Gasteiger partial charge in [-0.1, -0.05) is 22.0 Å². The SMILES string of the molecule is Cc1ccc(Br)cc1NS(=O)(=O)c1cc(CN)oc1Br. The number of furan rings is 1. The van der Waals surface area contributed by atoms with Gasteiger partial charge in [-0.25, -0.2) is 8.42 Å². The second-order valence-electron chi connectivity index (χ2n) is 4.12. The van der Waals surface area contributed by atoms with Crippen LogP contribution in [-0.4, -0.2) is 8.42 Å².